The second kappa shape index (κ2) is 5.48. The highest BCUT2D eigenvalue weighted by atomic mass is 16.5. The average Bonchev–Trinajstić information content (AvgIpc) is 2.59. The Balaban J connectivity index is 2.38. The van der Waals surface area contributed by atoms with Crippen LogP contribution in [0.5, 0.6) is 0 Å². The van der Waals surface area contributed by atoms with Crippen molar-refractivity contribution < 1.29 is 9.53 Å². The summed E-state index contributed by atoms with van der Waals surface area (Å²) >= 11 is 0. The van der Waals surface area contributed by atoms with Crippen molar-refractivity contribution in [2.75, 3.05) is 13.7 Å². The van der Waals surface area contributed by atoms with Crippen LogP contribution in [0.15, 0.2) is 12.5 Å². The molecule has 4 heteroatoms. The second-order valence-corrected chi connectivity index (χ2v) is 2.80. The zero-order valence-electron chi connectivity index (χ0n) is 7.77. The Hall–Kier alpha value is -1.16. The van der Waals surface area contributed by atoms with E-state index in [1.54, 1.807) is 13.4 Å². The van der Waals surface area contributed by atoms with Crippen LogP contribution in [0, 0.1) is 0 Å². The molecule has 0 aromatic carbocycles. The van der Waals surface area contributed by atoms with Crippen LogP contribution in [0.4, 0.5) is 0 Å². The van der Waals surface area contributed by atoms with E-state index in [0.717, 1.165) is 24.9 Å². The van der Waals surface area contributed by atoms with Gasteiger partial charge in [-0.3, -0.25) is 0 Å². The predicted molar refractivity (Wildman–Crippen MR) is 48.5 cm³/mol. The fourth-order valence-corrected chi connectivity index (χ4v) is 1.06. The minimum Gasteiger partial charge on any atom is -0.383 e. The quantitative estimate of drug-likeness (QED) is 0.607. The largest absolute Gasteiger partial charge is 0.383 e. The van der Waals surface area contributed by atoms with Crippen molar-refractivity contribution in [3.05, 3.63) is 18.2 Å². The number of aldehydes is 1. The van der Waals surface area contributed by atoms with E-state index in [0.29, 0.717) is 13.0 Å². The SMILES string of the molecule is COCCn1cnc(CCC=O)c1. The maximum atomic E-state index is 10.1. The van der Waals surface area contributed by atoms with E-state index in [1.807, 2.05) is 10.8 Å². The van der Waals surface area contributed by atoms with Crippen molar-refractivity contribution >= 4 is 6.29 Å². The van der Waals surface area contributed by atoms with Crippen LogP contribution in [-0.2, 0) is 22.5 Å². The van der Waals surface area contributed by atoms with Gasteiger partial charge in [-0.2, -0.15) is 0 Å². The lowest BCUT2D eigenvalue weighted by Crippen LogP contribution is -2.01. The third-order valence-corrected chi connectivity index (χ3v) is 1.76. The first-order valence-electron chi connectivity index (χ1n) is 4.30. The van der Waals surface area contributed by atoms with E-state index in [-0.39, 0.29) is 0 Å². The number of aromatic nitrogens is 2. The van der Waals surface area contributed by atoms with Crippen LogP contribution in [-0.4, -0.2) is 29.6 Å². The Morgan fingerprint density at radius 2 is 2.54 bits per heavy atom. The van der Waals surface area contributed by atoms with E-state index < -0.39 is 0 Å². The number of imidazole rings is 1. The molecule has 1 heterocycles. The topological polar surface area (TPSA) is 44.1 Å². The van der Waals surface area contributed by atoms with Gasteiger partial charge in [0.15, 0.2) is 0 Å². The molecular weight excluding hydrogens is 168 g/mol. The molecule has 0 fully saturated rings. The lowest BCUT2D eigenvalue weighted by molar-refractivity contribution is -0.107. The normalized spacial score (nSPS) is 10.2. The van der Waals surface area contributed by atoms with Gasteiger partial charge in [-0.1, -0.05) is 0 Å². The summed E-state index contributed by atoms with van der Waals surface area (Å²) in [5, 5.41) is 0. The van der Waals surface area contributed by atoms with Crippen LogP contribution in [0.1, 0.15) is 12.1 Å². The second-order valence-electron chi connectivity index (χ2n) is 2.80. The van der Waals surface area contributed by atoms with Crippen LogP contribution >= 0.6 is 0 Å². The van der Waals surface area contributed by atoms with E-state index in [1.165, 1.54) is 0 Å². The fourth-order valence-electron chi connectivity index (χ4n) is 1.06. The van der Waals surface area contributed by atoms with Gasteiger partial charge < -0.3 is 14.1 Å². The molecule has 1 aromatic heterocycles. The van der Waals surface area contributed by atoms with Gasteiger partial charge in [0.2, 0.25) is 0 Å². The first kappa shape index (κ1) is 9.92. The minimum atomic E-state index is 0.543. The average molecular weight is 182 g/mol. The summed E-state index contributed by atoms with van der Waals surface area (Å²) in [5.41, 5.74) is 0.961. The smallest absolute Gasteiger partial charge is 0.120 e. The minimum absolute atomic E-state index is 0.543. The van der Waals surface area contributed by atoms with Crippen LogP contribution < -0.4 is 0 Å². The van der Waals surface area contributed by atoms with E-state index in [9.17, 15) is 4.79 Å². The van der Waals surface area contributed by atoms with Gasteiger partial charge in [0.1, 0.15) is 6.29 Å². The van der Waals surface area contributed by atoms with Gasteiger partial charge in [-0.25, -0.2) is 4.98 Å². The molecular formula is C9H14N2O2. The molecule has 0 aliphatic heterocycles. The molecule has 0 atom stereocenters. The summed E-state index contributed by atoms with van der Waals surface area (Å²) in [6, 6.07) is 0. The number of methoxy groups -OCH3 is 1. The van der Waals surface area contributed by atoms with E-state index in [4.69, 9.17) is 4.74 Å². The Morgan fingerprint density at radius 1 is 1.69 bits per heavy atom. The molecule has 0 bridgehead atoms. The molecule has 0 radical (unpaired) electrons. The summed E-state index contributed by atoms with van der Waals surface area (Å²) in [4.78, 5) is 14.3. The summed E-state index contributed by atoms with van der Waals surface area (Å²) in [6.07, 6.45) is 5.89. The Labute approximate surface area is 77.5 Å². The number of ether oxygens (including phenoxy) is 1. The summed E-state index contributed by atoms with van der Waals surface area (Å²) < 4.78 is 6.89. The predicted octanol–water partition coefficient (Wildman–Crippen LogP) is 0.661. The van der Waals surface area contributed by atoms with E-state index in [2.05, 4.69) is 4.98 Å². The van der Waals surface area contributed by atoms with Gasteiger partial charge in [-0.05, 0) is 6.42 Å². The number of aryl methyl sites for hydroxylation is 1. The van der Waals surface area contributed by atoms with Crippen molar-refractivity contribution in [2.45, 2.75) is 19.4 Å². The molecule has 13 heavy (non-hydrogen) atoms. The van der Waals surface area contributed by atoms with Gasteiger partial charge >= 0.3 is 0 Å². The molecule has 0 saturated carbocycles. The fraction of sp³-hybridized carbons (Fsp3) is 0.556. The molecule has 0 amide bonds. The maximum absolute atomic E-state index is 10.1. The molecule has 0 spiro atoms. The third kappa shape index (κ3) is 3.38. The number of carbonyl (C=O) groups is 1. The molecule has 0 N–H and O–H groups in total. The first-order valence-corrected chi connectivity index (χ1v) is 4.30. The third-order valence-electron chi connectivity index (χ3n) is 1.76. The molecule has 0 aliphatic carbocycles. The summed E-state index contributed by atoms with van der Waals surface area (Å²) in [6.45, 7) is 1.49. The maximum Gasteiger partial charge on any atom is 0.120 e. The van der Waals surface area contributed by atoms with Gasteiger partial charge in [0, 0.05) is 26.3 Å². The highest BCUT2D eigenvalue weighted by Crippen LogP contribution is 1.98. The van der Waals surface area contributed by atoms with Crippen molar-refractivity contribution in [1.29, 1.82) is 0 Å². The van der Waals surface area contributed by atoms with Gasteiger partial charge in [-0.15, -0.1) is 0 Å². The number of rotatable bonds is 6. The first-order chi connectivity index (χ1) is 6.36. The molecule has 0 unspecified atom stereocenters. The zero-order chi connectivity index (χ0) is 9.52. The Kier molecular flexibility index (Phi) is 4.18. The molecule has 0 saturated heterocycles. The molecule has 4 nitrogen and oxygen atoms in total. The van der Waals surface area contributed by atoms with Crippen molar-refractivity contribution in [2.24, 2.45) is 0 Å². The number of nitrogens with zero attached hydrogens (tertiary/aromatic N) is 2. The highest BCUT2D eigenvalue weighted by Gasteiger charge is 1.97. The lowest BCUT2D eigenvalue weighted by Gasteiger charge is -1.98. The summed E-state index contributed by atoms with van der Waals surface area (Å²) in [7, 11) is 1.67. The standard InChI is InChI=1S/C9H14N2O2/c1-13-6-4-11-7-9(10-8-11)3-2-5-12/h5,7-8H,2-4,6H2,1H3. The number of carbonyl (C=O) groups excluding carboxylic acids is 1. The van der Waals surface area contributed by atoms with Crippen LogP contribution in [0.25, 0.3) is 0 Å². The number of hydrogen-bond acceptors (Lipinski definition) is 3. The Bertz CT molecular complexity index is 258. The van der Waals surface area contributed by atoms with Crippen LogP contribution in [0.3, 0.4) is 0 Å². The van der Waals surface area contributed by atoms with Gasteiger partial charge in [0.25, 0.3) is 0 Å². The summed E-state index contributed by atoms with van der Waals surface area (Å²) in [5.74, 6) is 0. The van der Waals surface area contributed by atoms with Gasteiger partial charge in [0.05, 0.1) is 18.6 Å². The molecule has 0 aliphatic rings. The van der Waals surface area contributed by atoms with Crippen molar-refractivity contribution in [3.8, 4) is 0 Å². The van der Waals surface area contributed by atoms with Crippen LogP contribution in [0.2, 0.25) is 0 Å². The number of hydrogen-bond donors (Lipinski definition) is 0. The monoisotopic (exact) mass is 182 g/mol. The lowest BCUT2D eigenvalue weighted by atomic mass is 10.3. The van der Waals surface area contributed by atoms with E-state index >= 15 is 0 Å². The van der Waals surface area contributed by atoms with Crippen molar-refractivity contribution in [3.63, 3.8) is 0 Å². The Morgan fingerprint density at radius 3 is 3.23 bits per heavy atom. The highest BCUT2D eigenvalue weighted by molar-refractivity contribution is 5.49. The molecule has 1 aromatic rings. The molecule has 72 valence electrons. The molecule has 1 rings (SSSR count). The van der Waals surface area contributed by atoms with Crippen molar-refractivity contribution in [1.82, 2.24) is 9.55 Å². The zero-order valence-corrected chi connectivity index (χ0v) is 7.77.